The molecule has 1 aliphatic heterocycles. The molecule has 134 valence electrons. The number of nitrogens with zero attached hydrogens (tertiary/aromatic N) is 1. The molecule has 6 nitrogen and oxygen atoms in total. The Morgan fingerprint density at radius 2 is 1.88 bits per heavy atom. The van der Waals surface area contributed by atoms with Gasteiger partial charge in [0.1, 0.15) is 5.82 Å². The molecule has 25 heavy (non-hydrogen) atoms. The largest absolute Gasteiger partial charge is 0.490 e. The molecule has 0 saturated carbocycles. The SMILES string of the molecule is O=C(O)C(F)(F)F.O=c1[nH]c(C2CCNC2)ncc1-c1ccccc1. The van der Waals surface area contributed by atoms with Crippen molar-refractivity contribution in [2.75, 3.05) is 13.1 Å². The number of alkyl halides is 3. The highest BCUT2D eigenvalue weighted by molar-refractivity contribution is 5.73. The molecule has 0 bridgehead atoms. The second kappa shape index (κ2) is 7.93. The van der Waals surface area contributed by atoms with Gasteiger partial charge in [0, 0.05) is 18.7 Å². The molecule has 3 rings (SSSR count). The zero-order valence-electron chi connectivity index (χ0n) is 13.0. The summed E-state index contributed by atoms with van der Waals surface area (Å²) in [6.45, 7) is 1.89. The van der Waals surface area contributed by atoms with Crippen molar-refractivity contribution in [3.8, 4) is 11.1 Å². The molecule has 2 aromatic rings. The highest BCUT2D eigenvalue weighted by Gasteiger charge is 2.38. The highest BCUT2D eigenvalue weighted by Crippen LogP contribution is 2.19. The van der Waals surface area contributed by atoms with Gasteiger partial charge in [0.15, 0.2) is 0 Å². The number of carboxylic acid groups (broad SMARTS) is 1. The van der Waals surface area contributed by atoms with Crippen LogP contribution in [0.5, 0.6) is 0 Å². The molecular formula is C16H16F3N3O3. The molecule has 1 fully saturated rings. The number of carbonyl (C=O) groups is 1. The fraction of sp³-hybridized carbons (Fsp3) is 0.312. The number of H-pyrrole nitrogens is 1. The number of benzene rings is 1. The summed E-state index contributed by atoms with van der Waals surface area (Å²) in [6.07, 6.45) is -2.37. The number of nitrogens with one attached hydrogen (secondary N) is 2. The van der Waals surface area contributed by atoms with Gasteiger partial charge >= 0.3 is 12.1 Å². The average Bonchev–Trinajstić information content (AvgIpc) is 3.10. The Labute approximate surface area is 140 Å². The zero-order chi connectivity index (χ0) is 18.4. The Kier molecular flexibility index (Phi) is 5.92. The van der Waals surface area contributed by atoms with Crippen molar-refractivity contribution in [3.63, 3.8) is 0 Å². The summed E-state index contributed by atoms with van der Waals surface area (Å²) in [5, 5.41) is 10.4. The van der Waals surface area contributed by atoms with Crippen molar-refractivity contribution in [1.29, 1.82) is 0 Å². The Morgan fingerprint density at radius 3 is 2.36 bits per heavy atom. The van der Waals surface area contributed by atoms with Gasteiger partial charge in [-0.1, -0.05) is 30.3 Å². The third-order valence-electron chi connectivity index (χ3n) is 3.59. The van der Waals surface area contributed by atoms with Gasteiger partial charge < -0.3 is 15.4 Å². The number of aromatic amines is 1. The van der Waals surface area contributed by atoms with Crippen molar-refractivity contribution in [1.82, 2.24) is 15.3 Å². The monoisotopic (exact) mass is 355 g/mol. The van der Waals surface area contributed by atoms with Gasteiger partial charge in [0.05, 0.1) is 5.56 Å². The predicted octanol–water partition coefficient (Wildman–Crippen LogP) is 2.15. The highest BCUT2D eigenvalue weighted by atomic mass is 19.4. The van der Waals surface area contributed by atoms with Crippen LogP contribution in [-0.4, -0.2) is 40.3 Å². The molecule has 1 saturated heterocycles. The van der Waals surface area contributed by atoms with Gasteiger partial charge in [-0.2, -0.15) is 13.2 Å². The van der Waals surface area contributed by atoms with Gasteiger partial charge in [-0.25, -0.2) is 9.78 Å². The van der Waals surface area contributed by atoms with E-state index in [1.807, 2.05) is 30.3 Å². The van der Waals surface area contributed by atoms with Crippen molar-refractivity contribution in [2.45, 2.75) is 18.5 Å². The summed E-state index contributed by atoms with van der Waals surface area (Å²) >= 11 is 0. The smallest absolute Gasteiger partial charge is 0.475 e. The van der Waals surface area contributed by atoms with E-state index in [4.69, 9.17) is 9.90 Å². The number of aliphatic carboxylic acids is 1. The molecule has 1 unspecified atom stereocenters. The standard InChI is InChI=1S/C14H15N3O.C2HF3O2/c18-14-12(10-4-2-1-3-5-10)9-16-13(17-14)11-6-7-15-8-11;3-2(4,5)1(6)7/h1-5,9,11,15H,6-8H2,(H,16,17,18);(H,6,7). The van der Waals surface area contributed by atoms with Gasteiger partial charge in [-0.05, 0) is 18.5 Å². The van der Waals surface area contributed by atoms with Crippen LogP contribution in [0.4, 0.5) is 13.2 Å². The molecule has 1 aromatic carbocycles. The van der Waals surface area contributed by atoms with Crippen LogP contribution < -0.4 is 10.9 Å². The zero-order valence-corrected chi connectivity index (χ0v) is 13.0. The van der Waals surface area contributed by atoms with Crippen LogP contribution in [0.15, 0.2) is 41.3 Å². The van der Waals surface area contributed by atoms with Crippen molar-refractivity contribution in [2.24, 2.45) is 0 Å². The lowest BCUT2D eigenvalue weighted by atomic mass is 10.1. The molecule has 0 radical (unpaired) electrons. The van der Waals surface area contributed by atoms with E-state index in [0.29, 0.717) is 11.5 Å². The van der Waals surface area contributed by atoms with Crippen LogP contribution in [0.2, 0.25) is 0 Å². The Morgan fingerprint density at radius 1 is 1.24 bits per heavy atom. The Hall–Kier alpha value is -2.68. The lowest BCUT2D eigenvalue weighted by Gasteiger charge is -2.08. The quantitative estimate of drug-likeness (QED) is 0.767. The molecule has 0 aliphatic carbocycles. The molecule has 9 heteroatoms. The average molecular weight is 355 g/mol. The molecule has 3 N–H and O–H groups in total. The third-order valence-corrected chi connectivity index (χ3v) is 3.59. The molecule has 0 spiro atoms. The summed E-state index contributed by atoms with van der Waals surface area (Å²) < 4.78 is 31.7. The van der Waals surface area contributed by atoms with Crippen LogP contribution in [0, 0.1) is 0 Å². The first kappa shape index (κ1) is 18.7. The minimum absolute atomic E-state index is 0.0573. The van der Waals surface area contributed by atoms with Gasteiger partial charge in [0.2, 0.25) is 0 Å². The molecule has 0 amide bonds. The molecule has 1 atom stereocenters. The predicted molar refractivity (Wildman–Crippen MR) is 84.2 cm³/mol. The summed E-state index contributed by atoms with van der Waals surface area (Å²) in [5.74, 6) is -1.63. The van der Waals surface area contributed by atoms with Crippen molar-refractivity contribution < 1.29 is 23.1 Å². The number of rotatable bonds is 2. The first-order chi connectivity index (χ1) is 11.8. The van der Waals surface area contributed by atoms with Crippen LogP contribution in [0.3, 0.4) is 0 Å². The van der Waals surface area contributed by atoms with E-state index in [0.717, 1.165) is 30.9 Å². The van der Waals surface area contributed by atoms with Crippen molar-refractivity contribution in [3.05, 3.63) is 52.7 Å². The lowest BCUT2D eigenvalue weighted by molar-refractivity contribution is -0.192. The maximum absolute atomic E-state index is 12.1. The molecule has 1 aliphatic rings. The summed E-state index contributed by atoms with van der Waals surface area (Å²) in [6, 6.07) is 9.61. The van der Waals surface area contributed by atoms with E-state index < -0.39 is 12.1 Å². The second-order valence-corrected chi connectivity index (χ2v) is 5.37. The first-order valence-electron chi connectivity index (χ1n) is 7.44. The van der Waals surface area contributed by atoms with E-state index in [9.17, 15) is 18.0 Å². The third kappa shape index (κ3) is 5.15. The summed E-state index contributed by atoms with van der Waals surface area (Å²) in [5.41, 5.74) is 1.48. The van der Waals surface area contributed by atoms with Crippen molar-refractivity contribution >= 4 is 5.97 Å². The van der Waals surface area contributed by atoms with Crippen LogP contribution in [-0.2, 0) is 4.79 Å². The number of hydrogen-bond donors (Lipinski definition) is 3. The number of aromatic nitrogens is 2. The lowest BCUT2D eigenvalue weighted by Crippen LogP contribution is -2.21. The van der Waals surface area contributed by atoms with E-state index >= 15 is 0 Å². The van der Waals surface area contributed by atoms with Crippen LogP contribution >= 0.6 is 0 Å². The van der Waals surface area contributed by atoms with Crippen LogP contribution in [0.25, 0.3) is 11.1 Å². The Bertz CT molecular complexity index is 769. The normalized spacial score (nSPS) is 16.8. The second-order valence-electron chi connectivity index (χ2n) is 5.37. The molecule has 1 aromatic heterocycles. The van der Waals surface area contributed by atoms with Gasteiger partial charge in [-0.3, -0.25) is 4.79 Å². The van der Waals surface area contributed by atoms with E-state index in [1.54, 1.807) is 6.20 Å². The Balaban J connectivity index is 0.000000277. The van der Waals surface area contributed by atoms with Crippen LogP contribution in [0.1, 0.15) is 18.2 Å². The number of halogens is 3. The topological polar surface area (TPSA) is 95.1 Å². The van der Waals surface area contributed by atoms with E-state index in [1.165, 1.54) is 0 Å². The van der Waals surface area contributed by atoms with E-state index in [-0.39, 0.29) is 5.56 Å². The van der Waals surface area contributed by atoms with Gasteiger partial charge in [-0.15, -0.1) is 0 Å². The minimum Gasteiger partial charge on any atom is -0.475 e. The van der Waals surface area contributed by atoms with Gasteiger partial charge in [0.25, 0.3) is 5.56 Å². The maximum Gasteiger partial charge on any atom is 0.490 e. The number of carboxylic acids is 1. The minimum atomic E-state index is -5.08. The first-order valence-corrected chi connectivity index (χ1v) is 7.44. The fourth-order valence-electron chi connectivity index (χ4n) is 2.33. The van der Waals surface area contributed by atoms with E-state index in [2.05, 4.69) is 15.3 Å². The molecular weight excluding hydrogens is 339 g/mol. The summed E-state index contributed by atoms with van der Waals surface area (Å²) in [4.78, 5) is 28.3. The number of hydrogen-bond acceptors (Lipinski definition) is 4. The maximum atomic E-state index is 12.1. The fourth-order valence-corrected chi connectivity index (χ4v) is 2.33. The summed E-state index contributed by atoms with van der Waals surface area (Å²) in [7, 11) is 0. The molecule has 2 heterocycles.